The summed E-state index contributed by atoms with van der Waals surface area (Å²) in [6, 6.07) is 1.48. The van der Waals surface area contributed by atoms with Gasteiger partial charge in [-0.05, 0) is 42.2 Å². The van der Waals surface area contributed by atoms with Crippen LogP contribution in [-0.4, -0.2) is 36.9 Å². The Kier molecular flexibility index (Phi) is 7.14. The van der Waals surface area contributed by atoms with Crippen molar-refractivity contribution in [2.75, 3.05) is 19.8 Å². The number of rotatable bonds is 8. The van der Waals surface area contributed by atoms with Crippen molar-refractivity contribution in [3.8, 4) is 0 Å². The molecule has 0 aliphatic heterocycles. The number of aliphatic hydroxyl groups is 1. The van der Waals surface area contributed by atoms with E-state index in [4.69, 9.17) is 4.74 Å². The third kappa shape index (κ3) is 6.93. The fourth-order valence-electron chi connectivity index (χ4n) is 1.72. The molecule has 120 valence electrons. The smallest absolute Gasteiger partial charge is 0.315 e. The van der Waals surface area contributed by atoms with Gasteiger partial charge in [0, 0.05) is 6.61 Å². The maximum atomic E-state index is 11.8. The molecule has 1 heterocycles. The molecule has 1 aromatic heterocycles. The zero-order valence-corrected chi connectivity index (χ0v) is 14.0. The Balaban J connectivity index is 2.27. The first-order chi connectivity index (χ1) is 9.81. The number of carbonyl (C=O) groups excluding carboxylic acids is 1. The van der Waals surface area contributed by atoms with Crippen molar-refractivity contribution in [2.45, 2.75) is 39.3 Å². The highest BCUT2D eigenvalue weighted by atomic mass is 32.1. The molecule has 0 radical (unpaired) electrons. The van der Waals surface area contributed by atoms with Crippen molar-refractivity contribution in [1.29, 1.82) is 0 Å². The van der Waals surface area contributed by atoms with E-state index in [1.165, 1.54) is 11.3 Å². The molecule has 0 fully saturated rings. The van der Waals surface area contributed by atoms with E-state index in [1.807, 2.05) is 23.8 Å². The number of ether oxygens (including phenoxy) is 1. The molecular formula is C15H26N2O3S. The molecule has 0 aromatic carbocycles. The Morgan fingerprint density at radius 3 is 2.71 bits per heavy atom. The maximum absolute atomic E-state index is 11.8. The molecule has 0 saturated heterocycles. The first-order valence-corrected chi connectivity index (χ1v) is 8.12. The molecule has 5 nitrogen and oxygen atoms in total. The predicted octanol–water partition coefficient (Wildman–Crippen LogP) is 2.32. The number of nitrogens with one attached hydrogen (secondary N) is 2. The van der Waals surface area contributed by atoms with E-state index in [0.29, 0.717) is 19.1 Å². The normalized spacial score (nSPS) is 15.5. The lowest BCUT2D eigenvalue weighted by atomic mass is 9.99. The quantitative estimate of drug-likeness (QED) is 0.689. The first-order valence-electron chi connectivity index (χ1n) is 7.18. The van der Waals surface area contributed by atoms with Crippen LogP contribution in [0.3, 0.4) is 0 Å². The molecule has 0 aliphatic carbocycles. The monoisotopic (exact) mass is 314 g/mol. The Morgan fingerprint density at radius 1 is 1.43 bits per heavy atom. The summed E-state index contributed by atoms with van der Waals surface area (Å²) in [4.78, 5) is 11.8. The zero-order chi connectivity index (χ0) is 15.9. The van der Waals surface area contributed by atoms with Gasteiger partial charge in [0.05, 0.1) is 19.2 Å². The molecule has 0 aliphatic rings. The van der Waals surface area contributed by atoms with Gasteiger partial charge >= 0.3 is 6.03 Å². The Bertz CT molecular complexity index is 419. The minimum absolute atomic E-state index is 0.0742. The van der Waals surface area contributed by atoms with Gasteiger partial charge in [0.15, 0.2) is 0 Å². The summed E-state index contributed by atoms with van der Waals surface area (Å²) < 4.78 is 5.47. The predicted molar refractivity (Wildman–Crippen MR) is 85.5 cm³/mol. The molecule has 3 N–H and O–H groups in total. The molecule has 0 saturated carbocycles. The lowest BCUT2D eigenvalue weighted by Crippen LogP contribution is -2.47. The first kappa shape index (κ1) is 17.9. The number of carbonyl (C=O) groups is 1. The van der Waals surface area contributed by atoms with Gasteiger partial charge in [-0.25, -0.2) is 4.79 Å². The van der Waals surface area contributed by atoms with Crippen molar-refractivity contribution in [2.24, 2.45) is 5.92 Å². The largest absolute Gasteiger partial charge is 0.384 e. The van der Waals surface area contributed by atoms with Gasteiger partial charge in [-0.1, -0.05) is 13.8 Å². The third-order valence-electron chi connectivity index (χ3n) is 2.93. The fraction of sp³-hybridized carbons (Fsp3) is 0.667. The second-order valence-electron chi connectivity index (χ2n) is 5.95. The van der Waals surface area contributed by atoms with Crippen LogP contribution in [-0.2, 0) is 10.3 Å². The van der Waals surface area contributed by atoms with Crippen LogP contribution in [0.5, 0.6) is 0 Å². The molecule has 0 bridgehead atoms. The van der Waals surface area contributed by atoms with Crippen molar-refractivity contribution in [3.63, 3.8) is 0 Å². The van der Waals surface area contributed by atoms with Crippen LogP contribution in [0, 0.1) is 5.92 Å². The van der Waals surface area contributed by atoms with Crippen LogP contribution in [0.2, 0.25) is 0 Å². The van der Waals surface area contributed by atoms with Crippen molar-refractivity contribution in [3.05, 3.63) is 22.4 Å². The van der Waals surface area contributed by atoms with Gasteiger partial charge in [-0.3, -0.25) is 0 Å². The minimum atomic E-state index is -1.06. The van der Waals surface area contributed by atoms with Crippen LogP contribution >= 0.6 is 11.3 Å². The van der Waals surface area contributed by atoms with E-state index >= 15 is 0 Å². The second kappa shape index (κ2) is 8.36. The number of thiophene rings is 1. The number of amides is 2. The van der Waals surface area contributed by atoms with E-state index in [0.717, 1.165) is 5.56 Å². The van der Waals surface area contributed by atoms with Crippen LogP contribution < -0.4 is 10.6 Å². The lowest BCUT2D eigenvalue weighted by Gasteiger charge is -2.23. The SMILES string of the molecule is CC(C)COCC(C)NC(=O)NCC(C)(O)c1ccsc1. The summed E-state index contributed by atoms with van der Waals surface area (Å²) in [7, 11) is 0. The number of hydrogen-bond acceptors (Lipinski definition) is 4. The van der Waals surface area contributed by atoms with Crippen LogP contribution in [0.1, 0.15) is 33.3 Å². The van der Waals surface area contributed by atoms with E-state index in [-0.39, 0.29) is 18.6 Å². The average Bonchev–Trinajstić information content (AvgIpc) is 2.90. The summed E-state index contributed by atoms with van der Waals surface area (Å²) in [5.41, 5.74) is -0.254. The van der Waals surface area contributed by atoms with E-state index in [9.17, 15) is 9.90 Å². The van der Waals surface area contributed by atoms with Gasteiger partial charge in [-0.15, -0.1) is 0 Å². The fourth-order valence-corrected chi connectivity index (χ4v) is 2.51. The van der Waals surface area contributed by atoms with Crippen molar-refractivity contribution >= 4 is 17.4 Å². The maximum Gasteiger partial charge on any atom is 0.315 e. The topological polar surface area (TPSA) is 70.6 Å². The summed E-state index contributed by atoms with van der Waals surface area (Å²) in [5.74, 6) is 0.478. The Morgan fingerprint density at radius 2 is 2.14 bits per heavy atom. The van der Waals surface area contributed by atoms with Gasteiger partial charge in [0.2, 0.25) is 0 Å². The molecule has 21 heavy (non-hydrogen) atoms. The van der Waals surface area contributed by atoms with Crippen molar-refractivity contribution in [1.82, 2.24) is 10.6 Å². The van der Waals surface area contributed by atoms with Gasteiger partial charge < -0.3 is 20.5 Å². The third-order valence-corrected chi connectivity index (χ3v) is 3.62. The Labute approximate surface area is 130 Å². The number of hydrogen-bond donors (Lipinski definition) is 3. The minimum Gasteiger partial charge on any atom is -0.384 e. The lowest BCUT2D eigenvalue weighted by molar-refractivity contribution is 0.0591. The summed E-state index contributed by atoms with van der Waals surface area (Å²) in [6.07, 6.45) is 0. The summed E-state index contributed by atoms with van der Waals surface area (Å²) in [6.45, 7) is 9.05. The van der Waals surface area contributed by atoms with E-state index < -0.39 is 5.60 Å². The number of urea groups is 1. The molecule has 1 aromatic rings. The highest BCUT2D eigenvalue weighted by molar-refractivity contribution is 7.08. The highest BCUT2D eigenvalue weighted by Crippen LogP contribution is 2.21. The van der Waals surface area contributed by atoms with E-state index in [1.54, 1.807) is 6.92 Å². The molecule has 6 heteroatoms. The van der Waals surface area contributed by atoms with Crippen LogP contribution in [0.25, 0.3) is 0 Å². The molecule has 2 atom stereocenters. The molecule has 0 spiro atoms. The van der Waals surface area contributed by atoms with E-state index in [2.05, 4.69) is 24.5 Å². The summed E-state index contributed by atoms with van der Waals surface area (Å²) in [5, 5.41) is 19.6. The summed E-state index contributed by atoms with van der Waals surface area (Å²) >= 11 is 1.52. The van der Waals surface area contributed by atoms with Crippen LogP contribution in [0.15, 0.2) is 16.8 Å². The highest BCUT2D eigenvalue weighted by Gasteiger charge is 2.24. The van der Waals surface area contributed by atoms with Gasteiger partial charge in [-0.2, -0.15) is 11.3 Å². The van der Waals surface area contributed by atoms with Crippen LogP contribution in [0.4, 0.5) is 4.79 Å². The van der Waals surface area contributed by atoms with Gasteiger partial charge in [0.1, 0.15) is 5.60 Å². The van der Waals surface area contributed by atoms with Gasteiger partial charge in [0.25, 0.3) is 0 Å². The standard InChI is InChI=1S/C15H26N2O3S/c1-11(2)7-20-8-12(3)17-14(18)16-10-15(4,19)13-5-6-21-9-13/h5-6,9,11-12,19H,7-8,10H2,1-4H3,(H2,16,17,18). The zero-order valence-electron chi connectivity index (χ0n) is 13.2. The molecule has 1 rings (SSSR count). The average molecular weight is 314 g/mol. The molecular weight excluding hydrogens is 288 g/mol. The van der Waals surface area contributed by atoms with Crippen molar-refractivity contribution < 1.29 is 14.6 Å². The molecule has 2 amide bonds. The Hall–Kier alpha value is -1.11. The molecule has 2 unspecified atom stereocenters. The second-order valence-corrected chi connectivity index (χ2v) is 6.73.